The third-order valence-electron chi connectivity index (χ3n) is 8.87. The molecule has 8 rings (SSSR count). The standard InChI is InChI=1S/C20H14FNO4.C15H11FN2O2.C15H17N3O4/c21-17-9-5-4-8-15(17)19(24)22-13-10-11-16(18(23)12-13)20(25)26-14-6-2-1-3-7-14;1-9-17-13-7-6-10(8-14(13)20-9)18-15(19)11-4-2-3-5-12(11)16;1-15(2,3)21-14(20)18-11-6-4-10(5-7-11)17-13(19)12-8-9-16-22-12/h1-12,23H,(H,22,24);2-8H,1H3,(H,18,19);4-9H,1-3H3,(H,17,19)(H,18,20). The second kappa shape index (κ2) is 22.1. The lowest BCUT2D eigenvalue weighted by molar-refractivity contribution is 0.0634. The van der Waals surface area contributed by atoms with E-state index in [1.54, 1.807) is 107 Å². The quantitative estimate of drug-likeness (QED) is 0.0673. The average Bonchev–Trinajstić information content (AvgIpc) is 3.97. The van der Waals surface area contributed by atoms with Crippen LogP contribution < -0.4 is 26.0 Å². The zero-order valence-electron chi connectivity index (χ0n) is 36.7. The summed E-state index contributed by atoms with van der Waals surface area (Å²) in [6.45, 7) is 7.11. The molecule has 0 saturated carbocycles. The van der Waals surface area contributed by atoms with E-state index in [0.29, 0.717) is 39.8 Å². The highest BCUT2D eigenvalue weighted by molar-refractivity contribution is 6.06. The van der Waals surface area contributed by atoms with Crippen LogP contribution in [0.1, 0.15) is 68.3 Å². The predicted molar refractivity (Wildman–Crippen MR) is 248 cm³/mol. The first-order chi connectivity index (χ1) is 32.5. The molecule has 0 bridgehead atoms. The fraction of sp³-hybridized carbons (Fsp3) is 0.100. The number of para-hydroxylation sites is 1. The van der Waals surface area contributed by atoms with E-state index in [9.17, 15) is 37.9 Å². The SMILES string of the molecule is CC(C)(C)OC(=O)Nc1ccc(NC(=O)c2ccno2)cc1.Cc1nc2ccc(NC(=O)c3ccccc3F)cc2o1.O=C(Oc1ccccc1)c1ccc(NC(=O)c2ccccc2F)cc1O. The molecule has 346 valence electrons. The van der Waals surface area contributed by atoms with Crippen molar-refractivity contribution in [3.8, 4) is 11.5 Å². The molecule has 0 fully saturated rings. The largest absolute Gasteiger partial charge is 0.507 e. The molecule has 6 aromatic carbocycles. The molecule has 0 radical (unpaired) electrons. The number of benzene rings is 6. The molecular formula is C50H42F2N6O10. The van der Waals surface area contributed by atoms with Gasteiger partial charge in [-0.2, -0.15) is 0 Å². The number of amides is 4. The Hall–Kier alpha value is -9.19. The number of fused-ring (bicyclic) bond motifs is 1. The molecular weight excluding hydrogens is 883 g/mol. The minimum Gasteiger partial charge on any atom is -0.507 e. The van der Waals surface area contributed by atoms with E-state index in [-0.39, 0.29) is 33.9 Å². The Balaban J connectivity index is 0.000000169. The molecule has 2 aromatic heterocycles. The summed E-state index contributed by atoms with van der Waals surface area (Å²) in [5, 5.41) is 23.9. The Labute approximate surface area is 386 Å². The number of halogens is 2. The molecule has 0 spiro atoms. The monoisotopic (exact) mass is 924 g/mol. The van der Waals surface area contributed by atoms with E-state index < -0.39 is 47.0 Å². The molecule has 18 heteroatoms. The first-order valence-corrected chi connectivity index (χ1v) is 20.4. The van der Waals surface area contributed by atoms with Gasteiger partial charge in [-0.25, -0.2) is 23.4 Å². The summed E-state index contributed by atoms with van der Waals surface area (Å²) in [6.07, 6.45) is 0.855. The van der Waals surface area contributed by atoms with Crippen LogP contribution in [0.5, 0.6) is 11.5 Å². The predicted octanol–water partition coefficient (Wildman–Crippen LogP) is 10.8. The van der Waals surface area contributed by atoms with Gasteiger partial charge in [0.1, 0.15) is 39.8 Å². The third-order valence-corrected chi connectivity index (χ3v) is 8.87. The fourth-order valence-corrected chi connectivity index (χ4v) is 5.82. The fourth-order valence-electron chi connectivity index (χ4n) is 5.82. The first-order valence-electron chi connectivity index (χ1n) is 20.4. The van der Waals surface area contributed by atoms with Crippen LogP contribution in [0.2, 0.25) is 0 Å². The summed E-state index contributed by atoms with van der Waals surface area (Å²) < 4.78 is 47.6. The van der Waals surface area contributed by atoms with Gasteiger partial charge in [0.25, 0.3) is 17.7 Å². The summed E-state index contributed by atoms with van der Waals surface area (Å²) in [6, 6.07) is 36.9. The molecule has 0 aliphatic carbocycles. The second-order valence-corrected chi connectivity index (χ2v) is 15.3. The molecule has 2 heterocycles. The summed E-state index contributed by atoms with van der Waals surface area (Å²) >= 11 is 0. The summed E-state index contributed by atoms with van der Waals surface area (Å²) in [7, 11) is 0. The van der Waals surface area contributed by atoms with Gasteiger partial charge in [0.15, 0.2) is 11.5 Å². The summed E-state index contributed by atoms with van der Waals surface area (Å²) in [4.78, 5) is 63.7. The van der Waals surface area contributed by atoms with Crippen molar-refractivity contribution in [3.05, 3.63) is 192 Å². The molecule has 0 unspecified atom stereocenters. The number of phenols is 1. The third kappa shape index (κ3) is 13.9. The highest BCUT2D eigenvalue weighted by atomic mass is 19.1. The van der Waals surface area contributed by atoms with Crippen LogP contribution in [-0.2, 0) is 4.74 Å². The number of aromatic hydroxyl groups is 1. The van der Waals surface area contributed by atoms with Crippen molar-refractivity contribution in [2.45, 2.75) is 33.3 Å². The van der Waals surface area contributed by atoms with Gasteiger partial charge < -0.3 is 39.5 Å². The van der Waals surface area contributed by atoms with Crippen molar-refractivity contribution in [3.63, 3.8) is 0 Å². The molecule has 4 amide bonds. The van der Waals surface area contributed by atoms with Gasteiger partial charge in [-0.3, -0.25) is 19.7 Å². The van der Waals surface area contributed by atoms with Crippen molar-refractivity contribution < 1.29 is 56.3 Å². The van der Waals surface area contributed by atoms with Gasteiger partial charge in [-0.1, -0.05) is 47.6 Å². The molecule has 16 nitrogen and oxygen atoms in total. The Morgan fingerprint density at radius 1 is 0.603 bits per heavy atom. The van der Waals surface area contributed by atoms with Crippen LogP contribution in [0, 0.1) is 18.6 Å². The lowest BCUT2D eigenvalue weighted by atomic mass is 10.1. The lowest BCUT2D eigenvalue weighted by Crippen LogP contribution is -2.27. The van der Waals surface area contributed by atoms with Crippen molar-refractivity contribution in [1.82, 2.24) is 10.1 Å². The lowest BCUT2D eigenvalue weighted by Gasteiger charge is -2.19. The van der Waals surface area contributed by atoms with Crippen molar-refractivity contribution >= 4 is 63.6 Å². The maximum atomic E-state index is 13.6. The molecule has 0 aliphatic heterocycles. The molecule has 5 N–H and O–H groups in total. The van der Waals surface area contributed by atoms with Gasteiger partial charge in [0.2, 0.25) is 5.76 Å². The second-order valence-electron chi connectivity index (χ2n) is 15.3. The maximum Gasteiger partial charge on any atom is 0.412 e. The zero-order valence-corrected chi connectivity index (χ0v) is 36.7. The smallest absolute Gasteiger partial charge is 0.412 e. The van der Waals surface area contributed by atoms with E-state index in [0.717, 1.165) is 0 Å². The number of hydrogen-bond acceptors (Lipinski definition) is 12. The Morgan fingerprint density at radius 3 is 1.69 bits per heavy atom. The van der Waals surface area contributed by atoms with Crippen molar-refractivity contribution in [2.75, 3.05) is 21.3 Å². The Kier molecular flexibility index (Phi) is 15.7. The number of carbonyl (C=O) groups excluding carboxylic acids is 5. The minimum absolute atomic E-state index is 0.00125. The Morgan fingerprint density at radius 2 is 1.13 bits per heavy atom. The van der Waals surface area contributed by atoms with Crippen molar-refractivity contribution in [1.29, 1.82) is 0 Å². The van der Waals surface area contributed by atoms with Crippen LogP contribution >= 0.6 is 0 Å². The minimum atomic E-state index is -0.735. The van der Waals surface area contributed by atoms with Crippen LogP contribution in [-0.4, -0.2) is 50.6 Å². The van der Waals surface area contributed by atoms with Gasteiger partial charge in [0, 0.05) is 47.9 Å². The van der Waals surface area contributed by atoms with Crippen LogP contribution in [0.4, 0.5) is 36.3 Å². The number of rotatable bonds is 9. The van der Waals surface area contributed by atoms with Crippen LogP contribution in [0.3, 0.4) is 0 Å². The van der Waals surface area contributed by atoms with Crippen LogP contribution in [0.15, 0.2) is 161 Å². The number of nitrogens with one attached hydrogen (secondary N) is 4. The highest BCUT2D eigenvalue weighted by Crippen LogP contribution is 2.25. The van der Waals surface area contributed by atoms with Crippen LogP contribution in [0.25, 0.3) is 11.1 Å². The zero-order chi connectivity index (χ0) is 48.8. The number of ether oxygens (including phenoxy) is 2. The number of nitrogens with zero attached hydrogens (tertiary/aromatic N) is 2. The molecule has 0 atom stereocenters. The van der Waals surface area contributed by atoms with E-state index in [4.69, 9.17) is 18.4 Å². The van der Waals surface area contributed by atoms with Crippen molar-refractivity contribution in [2.24, 2.45) is 0 Å². The number of anilines is 4. The number of aromatic nitrogens is 2. The normalized spacial score (nSPS) is 10.6. The number of hydrogen-bond donors (Lipinski definition) is 5. The van der Waals surface area contributed by atoms with Gasteiger partial charge in [-0.15, -0.1) is 0 Å². The van der Waals surface area contributed by atoms with E-state index >= 15 is 0 Å². The number of esters is 1. The number of phenolic OH excluding ortho intramolecular Hbond substituents is 1. The topological polar surface area (TPSA) is 224 Å². The number of carbonyl (C=O) groups is 5. The van der Waals surface area contributed by atoms with Gasteiger partial charge in [-0.05, 0) is 106 Å². The number of oxazole rings is 1. The van der Waals surface area contributed by atoms with E-state index in [2.05, 4.69) is 31.4 Å². The molecule has 8 aromatic rings. The molecule has 0 aliphatic rings. The van der Waals surface area contributed by atoms with Gasteiger partial charge >= 0.3 is 12.1 Å². The molecule has 68 heavy (non-hydrogen) atoms. The maximum absolute atomic E-state index is 13.6. The highest BCUT2D eigenvalue weighted by Gasteiger charge is 2.18. The summed E-state index contributed by atoms with van der Waals surface area (Å²) in [5.41, 5.74) is 2.42. The average molecular weight is 925 g/mol. The summed E-state index contributed by atoms with van der Waals surface area (Å²) in [5.74, 6) is -2.86. The van der Waals surface area contributed by atoms with Gasteiger partial charge in [0.05, 0.1) is 17.3 Å². The molecule has 0 saturated heterocycles. The first kappa shape index (κ1) is 48.3. The number of aryl methyl sites for hydroxylation is 1. The van der Waals surface area contributed by atoms with E-state index in [1.807, 2.05) is 0 Å². The Bertz CT molecular complexity index is 3050. The van der Waals surface area contributed by atoms with E-state index in [1.165, 1.54) is 72.9 Å².